The Balaban J connectivity index is 2.00. The summed E-state index contributed by atoms with van der Waals surface area (Å²) in [5, 5.41) is 10.1. The van der Waals surface area contributed by atoms with Crippen LogP contribution in [0.1, 0.15) is 49.2 Å². The predicted octanol–water partition coefficient (Wildman–Crippen LogP) is 4.29. The summed E-state index contributed by atoms with van der Waals surface area (Å²) < 4.78 is 0. The summed E-state index contributed by atoms with van der Waals surface area (Å²) in [5.41, 5.74) is 9.25. The van der Waals surface area contributed by atoms with E-state index in [-0.39, 0.29) is 0 Å². The van der Waals surface area contributed by atoms with Crippen molar-refractivity contribution in [2.45, 2.75) is 46.0 Å². The van der Waals surface area contributed by atoms with Crippen molar-refractivity contribution in [1.29, 1.82) is 5.26 Å². The normalized spacial score (nSPS) is 17.9. The molecule has 2 heterocycles. The first-order valence-electron chi connectivity index (χ1n) is 7.78. The zero-order valence-corrected chi connectivity index (χ0v) is 13.5. The molecule has 0 fully saturated rings. The molecule has 0 saturated heterocycles. The number of nitriles is 1. The Kier molecular flexibility index (Phi) is 3.86. The number of hydrogen-bond donors (Lipinski definition) is 1. The Morgan fingerprint density at radius 3 is 2.90 bits per heavy atom. The second-order valence-electron chi connectivity index (χ2n) is 5.98. The van der Waals surface area contributed by atoms with Crippen LogP contribution >= 0.6 is 11.3 Å². The highest BCUT2D eigenvalue weighted by Crippen LogP contribution is 2.38. The summed E-state index contributed by atoms with van der Waals surface area (Å²) in [6.45, 7) is 4.59. The van der Waals surface area contributed by atoms with Crippen LogP contribution in [0.15, 0.2) is 6.07 Å². The highest BCUT2D eigenvalue weighted by Gasteiger charge is 2.26. The highest BCUT2D eigenvalue weighted by atomic mass is 32.1. The lowest BCUT2D eigenvalue weighted by Crippen LogP contribution is -2.22. The van der Waals surface area contributed by atoms with Crippen LogP contribution in [0.25, 0.3) is 10.2 Å². The van der Waals surface area contributed by atoms with Crippen LogP contribution < -0.4 is 5.73 Å². The molecule has 3 rings (SSSR count). The van der Waals surface area contributed by atoms with Crippen LogP contribution in [0.4, 0.5) is 5.69 Å². The fourth-order valence-electron chi connectivity index (χ4n) is 3.66. The van der Waals surface area contributed by atoms with Crippen molar-refractivity contribution in [1.82, 2.24) is 4.98 Å². The van der Waals surface area contributed by atoms with Crippen molar-refractivity contribution in [3.8, 4) is 6.07 Å². The van der Waals surface area contributed by atoms with E-state index in [1.165, 1.54) is 41.9 Å². The summed E-state index contributed by atoms with van der Waals surface area (Å²) in [5.74, 6) is 1.57. The molecule has 1 atom stereocenters. The van der Waals surface area contributed by atoms with Crippen molar-refractivity contribution >= 4 is 27.2 Å². The highest BCUT2D eigenvalue weighted by molar-refractivity contribution is 7.19. The largest absolute Gasteiger partial charge is 0.396 e. The van der Waals surface area contributed by atoms with E-state index in [9.17, 15) is 0 Å². The first-order valence-corrected chi connectivity index (χ1v) is 8.60. The summed E-state index contributed by atoms with van der Waals surface area (Å²) >= 11 is 1.42. The molecule has 1 unspecified atom stereocenters. The zero-order valence-electron chi connectivity index (χ0n) is 12.6. The van der Waals surface area contributed by atoms with Crippen molar-refractivity contribution < 1.29 is 0 Å². The van der Waals surface area contributed by atoms with Gasteiger partial charge in [0.2, 0.25) is 0 Å². The standard InChI is InChI=1S/C17H21N3S/c1-3-10(4-2)11-5-6-14-12(7-11)8-13-16(19)15(9-18)21-17(13)20-14/h8,10-11H,3-7,19H2,1-2H3. The molecule has 3 nitrogen and oxygen atoms in total. The number of fused-ring (bicyclic) bond motifs is 2. The van der Waals surface area contributed by atoms with Gasteiger partial charge < -0.3 is 5.73 Å². The molecule has 2 N–H and O–H groups in total. The van der Waals surface area contributed by atoms with E-state index in [1.807, 2.05) is 0 Å². The van der Waals surface area contributed by atoms with Crippen molar-refractivity contribution in [3.05, 3.63) is 22.2 Å². The van der Waals surface area contributed by atoms with Gasteiger partial charge in [-0.1, -0.05) is 26.7 Å². The molecule has 4 heteroatoms. The Morgan fingerprint density at radius 1 is 1.48 bits per heavy atom. The van der Waals surface area contributed by atoms with Gasteiger partial charge in [-0.2, -0.15) is 5.26 Å². The third-order valence-corrected chi connectivity index (χ3v) is 5.96. The second kappa shape index (κ2) is 5.65. The molecule has 2 aromatic heterocycles. The maximum Gasteiger partial charge on any atom is 0.130 e. The number of nitrogen functional groups attached to an aromatic ring is 1. The predicted molar refractivity (Wildman–Crippen MR) is 88.3 cm³/mol. The average Bonchev–Trinajstić information content (AvgIpc) is 2.82. The molecule has 0 saturated carbocycles. The van der Waals surface area contributed by atoms with Crippen LogP contribution in [0.2, 0.25) is 0 Å². The molecule has 1 aliphatic carbocycles. The van der Waals surface area contributed by atoms with E-state index in [1.54, 1.807) is 0 Å². The summed E-state index contributed by atoms with van der Waals surface area (Å²) in [7, 11) is 0. The monoisotopic (exact) mass is 299 g/mol. The van der Waals surface area contributed by atoms with Gasteiger partial charge in [0.1, 0.15) is 15.8 Å². The SMILES string of the molecule is CCC(CC)C1CCc2nc3sc(C#N)c(N)c3cc2C1. The van der Waals surface area contributed by atoms with Gasteiger partial charge in [0.05, 0.1) is 5.69 Å². The fraction of sp³-hybridized carbons (Fsp3) is 0.529. The number of pyridine rings is 1. The number of aromatic nitrogens is 1. The van der Waals surface area contributed by atoms with Gasteiger partial charge in [-0.25, -0.2) is 4.98 Å². The summed E-state index contributed by atoms with van der Waals surface area (Å²) in [4.78, 5) is 6.29. The number of hydrogen-bond acceptors (Lipinski definition) is 4. The molecule has 0 radical (unpaired) electrons. The topological polar surface area (TPSA) is 62.7 Å². The molecule has 21 heavy (non-hydrogen) atoms. The molecule has 2 aromatic rings. The van der Waals surface area contributed by atoms with E-state index >= 15 is 0 Å². The quantitative estimate of drug-likeness (QED) is 0.919. The third kappa shape index (κ3) is 2.40. The minimum Gasteiger partial charge on any atom is -0.396 e. The maximum atomic E-state index is 9.12. The summed E-state index contributed by atoms with van der Waals surface area (Å²) in [6.07, 6.45) is 5.93. The van der Waals surface area contributed by atoms with Crippen LogP contribution in [0.3, 0.4) is 0 Å². The van der Waals surface area contributed by atoms with Gasteiger partial charge in [0.25, 0.3) is 0 Å². The van der Waals surface area contributed by atoms with Gasteiger partial charge >= 0.3 is 0 Å². The van der Waals surface area contributed by atoms with Gasteiger partial charge in [0.15, 0.2) is 0 Å². The molecular formula is C17H21N3S. The first-order chi connectivity index (χ1) is 10.2. The second-order valence-corrected chi connectivity index (χ2v) is 6.98. The Morgan fingerprint density at radius 2 is 2.24 bits per heavy atom. The van der Waals surface area contributed by atoms with E-state index in [0.29, 0.717) is 10.6 Å². The van der Waals surface area contributed by atoms with Gasteiger partial charge in [-0.15, -0.1) is 11.3 Å². The lowest BCUT2D eigenvalue weighted by atomic mass is 9.76. The molecule has 0 amide bonds. The van der Waals surface area contributed by atoms with E-state index in [2.05, 4.69) is 26.0 Å². The number of nitrogens with two attached hydrogens (primary N) is 1. The minimum atomic E-state index is 0.594. The van der Waals surface area contributed by atoms with Crippen molar-refractivity contribution in [3.63, 3.8) is 0 Å². The van der Waals surface area contributed by atoms with Crippen LogP contribution in [0, 0.1) is 23.2 Å². The Hall–Kier alpha value is -1.60. The first kappa shape index (κ1) is 14.3. The third-order valence-electron chi connectivity index (χ3n) is 4.94. The molecule has 0 aromatic carbocycles. The van der Waals surface area contributed by atoms with Crippen LogP contribution in [-0.2, 0) is 12.8 Å². The lowest BCUT2D eigenvalue weighted by Gasteiger charge is -2.30. The van der Waals surface area contributed by atoms with Crippen molar-refractivity contribution in [2.75, 3.05) is 5.73 Å². The number of nitrogens with zero attached hydrogens (tertiary/aromatic N) is 2. The molecule has 0 aliphatic heterocycles. The van der Waals surface area contributed by atoms with E-state index in [4.69, 9.17) is 16.0 Å². The van der Waals surface area contributed by atoms with Crippen molar-refractivity contribution in [2.24, 2.45) is 11.8 Å². The smallest absolute Gasteiger partial charge is 0.130 e. The number of aryl methyl sites for hydroxylation is 1. The van der Waals surface area contributed by atoms with E-state index < -0.39 is 0 Å². The molecule has 110 valence electrons. The molecular weight excluding hydrogens is 278 g/mol. The Bertz CT molecular complexity index is 707. The van der Waals surface area contributed by atoms with Gasteiger partial charge in [-0.3, -0.25) is 0 Å². The number of thiophene rings is 1. The van der Waals surface area contributed by atoms with Gasteiger partial charge in [-0.05, 0) is 42.7 Å². The zero-order chi connectivity index (χ0) is 15.0. The Labute approximate surface area is 129 Å². The van der Waals surface area contributed by atoms with Crippen LogP contribution in [-0.4, -0.2) is 4.98 Å². The van der Waals surface area contributed by atoms with E-state index in [0.717, 1.165) is 34.9 Å². The lowest BCUT2D eigenvalue weighted by molar-refractivity contribution is 0.281. The van der Waals surface area contributed by atoms with Crippen LogP contribution in [0.5, 0.6) is 0 Å². The average molecular weight is 299 g/mol. The summed E-state index contributed by atoms with van der Waals surface area (Å²) in [6, 6.07) is 4.37. The number of rotatable bonds is 3. The molecule has 0 spiro atoms. The molecule has 1 aliphatic rings. The van der Waals surface area contributed by atoms with Gasteiger partial charge in [0, 0.05) is 11.1 Å². The fourth-order valence-corrected chi connectivity index (χ4v) is 4.55. The number of anilines is 1. The maximum absolute atomic E-state index is 9.12. The molecule has 0 bridgehead atoms. The minimum absolute atomic E-state index is 0.594.